The molecule has 1 aliphatic rings. The Morgan fingerprint density at radius 2 is 1.54 bits per heavy atom. The molecule has 1 saturated heterocycles. The normalized spacial score (nSPS) is 17.7. The molecule has 2 aromatic carbocycles. The van der Waals surface area contributed by atoms with Gasteiger partial charge in [0.25, 0.3) is 0 Å². The lowest BCUT2D eigenvalue weighted by molar-refractivity contribution is -0.118. The van der Waals surface area contributed by atoms with E-state index in [2.05, 4.69) is 5.32 Å². The SMILES string of the molecule is COc1ccccc1CC(O)(Cc1ccccc1OC)C1CNCCO1. The predicted octanol–water partition coefficient (Wildman–Crippen LogP) is 2.21. The van der Waals surface area contributed by atoms with Crippen molar-refractivity contribution in [3.63, 3.8) is 0 Å². The molecule has 1 heterocycles. The topological polar surface area (TPSA) is 60.0 Å². The van der Waals surface area contributed by atoms with Gasteiger partial charge >= 0.3 is 0 Å². The molecule has 0 amide bonds. The van der Waals surface area contributed by atoms with E-state index in [0.717, 1.165) is 29.2 Å². The molecule has 0 aliphatic carbocycles. The molecule has 1 unspecified atom stereocenters. The van der Waals surface area contributed by atoms with Crippen molar-refractivity contribution in [3.05, 3.63) is 59.7 Å². The number of nitrogens with one attached hydrogen (secondary N) is 1. The van der Waals surface area contributed by atoms with Gasteiger partial charge in [-0.05, 0) is 23.3 Å². The van der Waals surface area contributed by atoms with Crippen LogP contribution >= 0.6 is 0 Å². The van der Waals surface area contributed by atoms with Crippen molar-refractivity contribution in [2.24, 2.45) is 0 Å². The number of aliphatic hydroxyl groups is 1. The van der Waals surface area contributed by atoms with Gasteiger partial charge < -0.3 is 24.6 Å². The lowest BCUT2D eigenvalue weighted by Crippen LogP contribution is -2.55. The van der Waals surface area contributed by atoms with Gasteiger partial charge in [0.1, 0.15) is 17.1 Å². The van der Waals surface area contributed by atoms with E-state index < -0.39 is 5.60 Å². The maximum Gasteiger partial charge on any atom is 0.122 e. The zero-order valence-corrected chi connectivity index (χ0v) is 15.4. The fourth-order valence-corrected chi connectivity index (χ4v) is 3.56. The van der Waals surface area contributed by atoms with Crippen LogP contribution in [-0.2, 0) is 17.6 Å². The summed E-state index contributed by atoms with van der Waals surface area (Å²) in [5, 5.41) is 15.0. The van der Waals surface area contributed by atoms with E-state index in [4.69, 9.17) is 14.2 Å². The molecular formula is C21H27NO4. The number of rotatable bonds is 7. The summed E-state index contributed by atoms with van der Waals surface area (Å²) >= 11 is 0. The molecule has 1 fully saturated rings. The van der Waals surface area contributed by atoms with Gasteiger partial charge in [0.05, 0.1) is 26.9 Å². The van der Waals surface area contributed by atoms with E-state index in [-0.39, 0.29) is 6.10 Å². The van der Waals surface area contributed by atoms with Gasteiger partial charge in [-0.15, -0.1) is 0 Å². The highest BCUT2D eigenvalue weighted by atomic mass is 16.5. The molecule has 5 nitrogen and oxygen atoms in total. The Hall–Kier alpha value is -2.08. The Bertz CT molecular complexity index is 663. The number of morpholine rings is 1. The third kappa shape index (κ3) is 4.18. The summed E-state index contributed by atoms with van der Waals surface area (Å²) in [4.78, 5) is 0. The lowest BCUT2D eigenvalue weighted by atomic mass is 9.82. The van der Waals surface area contributed by atoms with Gasteiger partial charge in [0.15, 0.2) is 0 Å². The van der Waals surface area contributed by atoms with Crippen molar-refractivity contribution >= 4 is 0 Å². The highest BCUT2D eigenvalue weighted by Crippen LogP contribution is 2.32. The molecule has 3 rings (SSSR count). The summed E-state index contributed by atoms with van der Waals surface area (Å²) in [5.41, 5.74) is 0.833. The molecule has 0 radical (unpaired) electrons. The van der Waals surface area contributed by atoms with Crippen molar-refractivity contribution in [1.82, 2.24) is 5.32 Å². The number of hydrogen-bond acceptors (Lipinski definition) is 5. The number of hydrogen-bond donors (Lipinski definition) is 2. The van der Waals surface area contributed by atoms with Crippen molar-refractivity contribution in [2.45, 2.75) is 24.5 Å². The first-order chi connectivity index (χ1) is 12.7. The molecule has 0 aromatic heterocycles. The van der Waals surface area contributed by atoms with E-state index in [1.54, 1.807) is 14.2 Å². The van der Waals surface area contributed by atoms with Crippen LogP contribution in [0.5, 0.6) is 11.5 Å². The third-order valence-corrected chi connectivity index (χ3v) is 4.91. The van der Waals surface area contributed by atoms with Gasteiger partial charge in [-0.2, -0.15) is 0 Å². The van der Waals surface area contributed by atoms with E-state index in [1.807, 2.05) is 48.5 Å². The molecule has 0 saturated carbocycles. The molecule has 0 spiro atoms. The fraction of sp³-hybridized carbons (Fsp3) is 0.429. The Balaban J connectivity index is 1.93. The Morgan fingerprint density at radius 1 is 1.00 bits per heavy atom. The summed E-state index contributed by atoms with van der Waals surface area (Å²) < 4.78 is 16.9. The number of methoxy groups -OCH3 is 2. The van der Waals surface area contributed by atoms with E-state index in [9.17, 15) is 5.11 Å². The van der Waals surface area contributed by atoms with Gasteiger partial charge in [-0.3, -0.25) is 0 Å². The molecular weight excluding hydrogens is 330 g/mol. The monoisotopic (exact) mass is 357 g/mol. The highest BCUT2D eigenvalue weighted by molar-refractivity contribution is 5.38. The van der Waals surface area contributed by atoms with E-state index >= 15 is 0 Å². The van der Waals surface area contributed by atoms with Gasteiger partial charge in [0.2, 0.25) is 0 Å². The van der Waals surface area contributed by atoms with Crippen LogP contribution in [0.4, 0.5) is 0 Å². The molecule has 2 N–H and O–H groups in total. The average molecular weight is 357 g/mol. The third-order valence-electron chi connectivity index (χ3n) is 4.91. The van der Waals surface area contributed by atoms with Crippen LogP contribution in [0.2, 0.25) is 0 Å². The summed E-state index contributed by atoms with van der Waals surface area (Å²) in [5.74, 6) is 1.55. The Morgan fingerprint density at radius 3 is 2.00 bits per heavy atom. The van der Waals surface area contributed by atoms with Crippen LogP contribution < -0.4 is 14.8 Å². The van der Waals surface area contributed by atoms with E-state index in [1.165, 1.54) is 0 Å². The second kappa shape index (κ2) is 8.54. The number of para-hydroxylation sites is 2. The van der Waals surface area contributed by atoms with Gasteiger partial charge in [0, 0.05) is 25.9 Å². The minimum atomic E-state index is -1.09. The molecule has 140 valence electrons. The highest BCUT2D eigenvalue weighted by Gasteiger charge is 2.40. The molecule has 0 bridgehead atoms. The Labute approximate surface area is 154 Å². The zero-order chi connectivity index (χ0) is 18.4. The second-order valence-corrected chi connectivity index (χ2v) is 6.64. The zero-order valence-electron chi connectivity index (χ0n) is 15.4. The lowest BCUT2D eigenvalue weighted by Gasteiger charge is -2.39. The summed E-state index contributed by atoms with van der Waals surface area (Å²) in [6.45, 7) is 2.00. The van der Waals surface area contributed by atoms with E-state index in [0.29, 0.717) is 26.0 Å². The summed E-state index contributed by atoms with van der Waals surface area (Å²) in [7, 11) is 3.30. The first-order valence-corrected chi connectivity index (χ1v) is 8.95. The smallest absolute Gasteiger partial charge is 0.122 e. The molecule has 1 aliphatic heterocycles. The Kier molecular flexibility index (Phi) is 6.14. The predicted molar refractivity (Wildman–Crippen MR) is 101 cm³/mol. The summed E-state index contributed by atoms with van der Waals surface area (Å²) in [6, 6.07) is 15.6. The first kappa shape index (κ1) is 18.7. The van der Waals surface area contributed by atoms with Crippen LogP contribution in [0.25, 0.3) is 0 Å². The number of ether oxygens (including phenoxy) is 3. The van der Waals surface area contributed by atoms with Gasteiger partial charge in [-0.1, -0.05) is 36.4 Å². The fourth-order valence-electron chi connectivity index (χ4n) is 3.56. The number of benzene rings is 2. The van der Waals surface area contributed by atoms with Crippen LogP contribution in [0.3, 0.4) is 0 Å². The minimum Gasteiger partial charge on any atom is -0.496 e. The molecule has 1 atom stereocenters. The maximum absolute atomic E-state index is 11.7. The minimum absolute atomic E-state index is 0.314. The van der Waals surface area contributed by atoms with Crippen LogP contribution in [0.15, 0.2) is 48.5 Å². The maximum atomic E-state index is 11.7. The standard InChI is InChI=1S/C21H27NO4/c1-24-18-9-5-3-7-16(18)13-21(23,20-15-22-11-12-26-20)14-17-8-4-6-10-19(17)25-2/h3-10,20,22-23H,11-15H2,1-2H3. The van der Waals surface area contributed by atoms with Crippen molar-refractivity contribution < 1.29 is 19.3 Å². The largest absolute Gasteiger partial charge is 0.496 e. The molecule has 5 heteroatoms. The van der Waals surface area contributed by atoms with Gasteiger partial charge in [-0.25, -0.2) is 0 Å². The summed E-state index contributed by atoms with van der Waals surface area (Å²) in [6.07, 6.45) is 0.550. The van der Waals surface area contributed by atoms with Crippen molar-refractivity contribution in [1.29, 1.82) is 0 Å². The van der Waals surface area contributed by atoms with Crippen LogP contribution in [-0.4, -0.2) is 50.7 Å². The first-order valence-electron chi connectivity index (χ1n) is 8.95. The van der Waals surface area contributed by atoms with Crippen molar-refractivity contribution in [3.8, 4) is 11.5 Å². The molecule has 2 aromatic rings. The second-order valence-electron chi connectivity index (χ2n) is 6.64. The van der Waals surface area contributed by atoms with Crippen LogP contribution in [0.1, 0.15) is 11.1 Å². The molecule has 26 heavy (non-hydrogen) atoms. The quantitative estimate of drug-likeness (QED) is 0.796. The van der Waals surface area contributed by atoms with Crippen LogP contribution in [0, 0.1) is 0 Å². The van der Waals surface area contributed by atoms with Crippen molar-refractivity contribution in [2.75, 3.05) is 33.9 Å². The average Bonchev–Trinajstić information content (AvgIpc) is 2.69.